The minimum Gasteiger partial charge on any atom is -0.334 e. The van der Waals surface area contributed by atoms with Gasteiger partial charge in [0.15, 0.2) is 0 Å². The first-order valence-electron chi connectivity index (χ1n) is 9.77. The third-order valence-electron chi connectivity index (χ3n) is 4.76. The van der Waals surface area contributed by atoms with Crippen LogP contribution in [0.1, 0.15) is 16.1 Å². The van der Waals surface area contributed by atoms with E-state index in [0.717, 1.165) is 17.4 Å². The van der Waals surface area contributed by atoms with E-state index >= 15 is 0 Å². The first-order valence-corrected chi connectivity index (χ1v) is 9.77. The number of nitro benzene ring substituents is 1. The maximum absolute atomic E-state index is 12.4. The molecule has 0 bridgehead atoms. The van der Waals surface area contributed by atoms with E-state index in [4.69, 9.17) is 0 Å². The second kappa shape index (κ2) is 9.12. The predicted octanol–water partition coefficient (Wildman–Crippen LogP) is 3.65. The number of carbonyl (C=O) groups is 1. The number of amides is 1. The van der Waals surface area contributed by atoms with E-state index in [1.165, 1.54) is 24.3 Å². The maximum Gasteiger partial charge on any atom is 0.355 e. The lowest BCUT2D eigenvalue weighted by molar-refractivity contribution is -0.384. The van der Waals surface area contributed by atoms with Crippen LogP contribution in [0, 0.1) is 27.2 Å². The molecule has 1 amide bonds. The van der Waals surface area contributed by atoms with Crippen molar-refractivity contribution >= 4 is 45.5 Å². The fourth-order valence-corrected chi connectivity index (χ4v) is 3.15. The molecule has 170 valence electrons. The summed E-state index contributed by atoms with van der Waals surface area (Å²) in [6.07, 6.45) is 1.10. The fourth-order valence-electron chi connectivity index (χ4n) is 3.15. The molecule has 2 aromatic carbocycles. The molecular formula is C21H16N8O5. The van der Waals surface area contributed by atoms with Gasteiger partial charge >= 0.3 is 5.69 Å². The van der Waals surface area contributed by atoms with Crippen molar-refractivity contribution in [2.45, 2.75) is 6.92 Å². The number of nitro groups is 2. The molecular weight excluding hydrogens is 444 g/mol. The molecule has 0 unspecified atom stereocenters. The molecule has 4 rings (SSSR count). The second-order valence-corrected chi connectivity index (χ2v) is 7.01. The van der Waals surface area contributed by atoms with Crippen LogP contribution in [-0.4, -0.2) is 30.7 Å². The van der Waals surface area contributed by atoms with E-state index in [2.05, 4.69) is 31.1 Å². The lowest BCUT2D eigenvalue weighted by Crippen LogP contribution is -2.30. The number of pyridine rings is 1. The van der Waals surface area contributed by atoms with Gasteiger partial charge in [-0.25, -0.2) is 9.97 Å². The third-order valence-corrected chi connectivity index (χ3v) is 4.76. The van der Waals surface area contributed by atoms with Crippen molar-refractivity contribution < 1.29 is 14.6 Å². The molecule has 0 fully saturated rings. The zero-order valence-electron chi connectivity index (χ0n) is 17.6. The van der Waals surface area contributed by atoms with Crippen LogP contribution in [0.2, 0.25) is 0 Å². The van der Waals surface area contributed by atoms with E-state index in [0.29, 0.717) is 11.2 Å². The Hall–Kier alpha value is -5.20. The van der Waals surface area contributed by atoms with Crippen molar-refractivity contribution in [3.8, 4) is 0 Å². The summed E-state index contributed by atoms with van der Waals surface area (Å²) >= 11 is 0. The molecule has 0 saturated heterocycles. The average Bonchev–Trinajstić information content (AvgIpc) is 2.82. The Labute approximate surface area is 191 Å². The standard InChI is InChI=1S/C21H16N8O5/c1-12-5-10-15-16(24-12)3-2-4-17(15)25-19-18(29(33)34)20(23-11-22-19)26-27-21(30)13-6-8-14(9-7-13)28(31)32/h2-11H,1H3,(H,27,30)(H2,22,23,25,26). The quantitative estimate of drug-likeness (QED) is 0.272. The van der Waals surface area contributed by atoms with Gasteiger partial charge in [0.2, 0.25) is 11.6 Å². The fraction of sp³-hybridized carbons (Fsp3) is 0.0476. The van der Waals surface area contributed by atoms with Crippen molar-refractivity contribution in [3.05, 3.63) is 92.4 Å². The summed E-state index contributed by atoms with van der Waals surface area (Å²) < 4.78 is 0. The number of hydrazine groups is 1. The number of anilines is 3. The molecule has 4 aromatic rings. The van der Waals surface area contributed by atoms with E-state index < -0.39 is 21.4 Å². The second-order valence-electron chi connectivity index (χ2n) is 7.01. The molecule has 0 spiro atoms. The van der Waals surface area contributed by atoms with Gasteiger partial charge < -0.3 is 5.32 Å². The molecule has 0 aliphatic heterocycles. The van der Waals surface area contributed by atoms with Gasteiger partial charge in [-0.1, -0.05) is 6.07 Å². The van der Waals surface area contributed by atoms with Gasteiger partial charge in [0.25, 0.3) is 11.6 Å². The summed E-state index contributed by atoms with van der Waals surface area (Å²) in [6, 6.07) is 13.8. The summed E-state index contributed by atoms with van der Waals surface area (Å²) in [5, 5.41) is 26.2. The third kappa shape index (κ3) is 4.52. The Morgan fingerprint density at radius 1 is 0.912 bits per heavy atom. The van der Waals surface area contributed by atoms with Crippen LogP contribution in [0.25, 0.3) is 10.9 Å². The lowest BCUT2D eigenvalue weighted by atomic mass is 10.1. The van der Waals surface area contributed by atoms with Crippen LogP contribution < -0.4 is 16.2 Å². The minimum absolute atomic E-state index is 0.0971. The van der Waals surface area contributed by atoms with Crippen molar-refractivity contribution in [2.24, 2.45) is 0 Å². The summed E-state index contributed by atoms with van der Waals surface area (Å²) in [4.78, 5) is 45.9. The van der Waals surface area contributed by atoms with Crippen LogP contribution in [0.5, 0.6) is 0 Å². The highest BCUT2D eigenvalue weighted by atomic mass is 16.6. The SMILES string of the molecule is Cc1ccc2c(Nc3ncnc(NNC(=O)c4ccc([N+](=O)[O-])cc4)c3[N+](=O)[O-])cccc2n1. The molecule has 2 heterocycles. The zero-order chi connectivity index (χ0) is 24.2. The number of hydrogen-bond acceptors (Lipinski definition) is 10. The van der Waals surface area contributed by atoms with Crippen LogP contribution in [-0.2, 0) is 0 Å². The Morgan fingerprint density at radius 3 is 2.35 bits per heavy atom. The van der Waals surface area contributed by atoms with Gasteiger partial charge in [-0.2, -0.15) is 0 Å². The van der Waals surface area contributed by atoms with Crippen molar-refractivity contribution in [1.82, 2.24) is 20.4 Å². The number of carbonyl (C=O) groups excluding carboxylic acids is 1. The van der Waals surface area contributed by atoms with Gasteiger partial charge in [0.1, 0.15) is 6.33 Å². The van der Waals surface area contributed by atoms with Gasteiger partial charge in [0.05, 0.1) is 15.4 Å². The zero-order valence-corrected chi connectivity index (χ0v) is 17.6. The van der Waals surface area contributed by atoms with Gasteiger partial charge in [0, 0.05) is 34.5 Å². The Balaban J connectivity index is 1.59. The molecule has 0 aliphatic rings. The summed E-state index contributed by atoms with van der Waals surface area (Å²) in [7, 11) is 0. The number of non-ortho nitro benzene ring substituents is 1. The normalized spacial score (nSPS) is 10.5. The van der Waals surface area contributed by atoms with Gasteiger partial charge in [-0.15, -0.1) is 0 Å². The van der Waals surface area contributed by atoms with E-state index in [1.807, 2.05) is 25.1 Å². The average molecular weight is 460 g/mol. The Bertz CT molecular complexity index is 1420. The van der Waals surface area contributed by atoms with Crippen LogP contribution in [0.4, 0.5) is 28.7 Å². The number of aryl methyl sites for hydroxylation is 1. The lowest BCUT2D eigenvalue weighted by Gasteiger charge is -2.12. The number of nitrogens with zero attached hydrogens (tertiary/aromatic N) is 5. The predicted molar refractivity (Wildman–Crippen MR) is 123 cm³/mol. The number of nitrogens with one attached hydrogen (secondary N) is 3. The molecule has 0 atom stereocenters. The van der Waals surface area contributed by atoms with E-state index in [1.54, 1.807) is 12.1 Å². The largest absolute Gasteiger partial charge is 0.355 e. The molecule has 0 radical (unpaired) electrons. The number of aromatic nitrogens is 3. The Morgan fingerprint density at radius 2 is 1.65 bits per heavy atom. The van der Waals surface area contributed by atoms with Gasteiger partial charge in [-0.05, 0) is 43.3 Å². The summed E-state index contributed by atoms with van der Waals surface area (Å²) in [6.45, 7) is 1.86. The van der Waals surface area contributed by atoms with Crippen molar-refractivity contribution in [1.29, 1.82) is 0 Å². The number of benzene rings is 2. The molecule has 2 aromatic heterocycles. The highest BCUT2D eigenvalue weighted by molar-refractivity contribution is 5.96. The Kier molecular flexibility index (Phi) is 5.90. The number of rotatable bonds is 7. The van der Waals surface area contributed by atoms with E-state index in [-0.39, 0.29) is 22.9 Å². The first-order chi connectivity index (χ1) is 16.3. The minimum atomic E-state index is -0.684. The highest BCUT2D eigenvalue weighted by Gasteiger charge is 2.24. The summed E-state index contributed by atoms with van der Waals surface area (Å²) in [5.74, 6) is -1.03. The number of fused-ring (bicyclic) bond motifs is 1. The monoisotopic (exact) mass is 460 g/mol. The van der Waals surface area contributed by atoms with Crippen LogP contribution in [0.15, 0.2) is 60.9 Å². The number of hydrogen-bond donors (Lipinski definition) is 3. The van der Waals surface area contributed by atoms with Crippen molar-refractivity contribution in [3.63, 3.8) is 0 Å². The molecule has 0 saturated carbocycles. The topological polar surface area (TPSA) is 178 Å². The first kappa shape index (κ1) is 22.0. The molecule has 34 heavy (non-hydrogen) atoms. The molecule has 3 N–H and O–H groups in total. The van der Waals surface area contributed by atoms with Gasteiger partial charge in [-0.3, -0.25) is 40.9 Å². The molecule has 0 aliphatic carbocycles. The van der Waals surface area contributed by atoms with Crippen LogP contribution in [0.3, 0.4) is 0 Å². The maximum atomic E-state index is 12.4. The molecule has 13 nitrogen and oxygen atoms in total. The van der Waals surface area contributed by atoms with Crippen LogP contribution >= 0.6 is 0 Å². The molecule has 13 heteroatoms. The highest BCUT2D eigenvalue weighted by Crippen LogP contribution is 2.33. The summed E-state index contributed by atoms with van der Waals surface area (Å²) in [5.41, 5.74) is 6.23. The van der Waals surface area contributed by atoms with Crippen molar-refractivity contribution in [2.75, 3.05) is 10.7 Å². The smallest absolute Gasteiger partial charge is 0.334 e. The van der Waals surface area contributed by atoms with E-state index in [9.17, 15) is 25.0 Å².